The molecule has 1 N–H and O–H groups in total. The molecule has 2 atom stereocenters. The maximum atomic E-state index is 9.45. The highest BCUT2D eigenvalue weighted by Gasteiger charge is 2.20. The molecule has 0 bridgehead atoms. The standard InChI is InChI=1S/C7H14OS2/c1-2-6(8)7-5-9-3-4-10-7/h6-8H,2-5H2,1H3. The lowest BCUT2D eigenvalue weighted by Crippen LogP contribution is -2.27. The van der Waals surface area contributed by atoms with Crippen molar-refractivity contribution in [2.75, 3.05) is 17.3 Å². The van der Waals surface area contributed by atoms with E-state index >= 15 is 0 Å². The zero-order valence-electron chi connectivity index (χ0n) is 6.25. The van der Waals surface area contributed by atoms with Gasteiger partial charge in [0.2, 0.25) is 0 Å². The first kappa shape index (κ1) is 8.75. The summed E-state index contributed by atoms with van der Waals surface area (Å²) in [7, 11) is 0. The van der Waals surface area contributed by atoms with Crippen molar-refractivity contribution in [3.8, 4) is 0 Å². The van der Waals surface area contributed by atoms with Crippen molar-refractivity contribution in [2.24, 2.45) is 0 Å². The topological polar surface area (TPSA) is 20.2 Å². The Labute approximate surface area is 71.0 Å². The first-order chi connectivity index (χ1) is 4.84. The molecule has 2 unspecified atom stereocenters. The van der Waals surface area contributed by atoms with Crippen LogP contribution in [0, 0.1) is 0 Å². The van der Waals surface area contributed by atoms with E-state index < -0.39 is 0 Å². The van der Waals surface area contributed by atoms with Crippen molar-refractivity contribution >= 4 is 23.5 Å². The van der Waals surface area contributed by atoms with Crippen LogP contribution in [0.1, 0.15) is 13.3 Å². The van der Waals surface area contributed by atoms with Gasteiger partial charge in [0.15, 0.2) is 0 Å². The van der Waals surface area contributed by atoms with Crippen molar-refractivity contribution in [3.63, 3.8) is 0 Å². The molecule has 0 aliphatic carbocycles. The van der Waals surface area contributed by atoms with E-state index in [4.69, 9.17) is 0 Å². The van der Waals surface area contributed by atoms with Gasteiger partial charge in [0, 0.05) is 22.5 Å². The van der Waals surface area contributed by atoms with Gasteiger partial charge in [0.25, 0.3) is 0 Å². The lowest BCUT2D eigenvalue weighted by atomic mass is 10.2. The molecule has 1 saturated heterocycles. The summed E-state index contributed by atoms with van der Waals surface area (Å²) in [6, 6.07) is 0. The molecular formula is C7H14OS2. The Kier molecular flexibility index (Phi) is 3.96. The largest absolute Gasteiger partial charge is 0.392 e. The van der Waals surface area contributed by atoms with Gasteiger partial charge in [0.1, 0.15) is 0 Å². The molecule has 1 heterocycles. The summed E-state index contributed by atoms with van der Waals surface area (Å²) in [6.07, 6.45) is 0.830. The second-order valence-electron chi connectivity index (χ2n) is 2.46. The average molecular weight is 178 g/mol. The summed E-state index contributed by atoms with van der Waals surface area (Å²) < 4.78 is 0. The van der Waals surface area contributed by atoms with Crippen LogP contribution in [0.25, 0.3) is 0 Å². The Morgan fingerprint density at radius 2 is 2.40 bits per heavy atom. The molecule has 1 nitrogen and oxygen atoms in total. The average Bonchev–Trinajstić information content (AvgIpc) is 2.05. The van der Waals surface area contributed by atoms with Crippen LogP contribution in [0.15, 0.2) is 0 Å². The quantitative estimate of drug-likeness (QED) is 0.693. The summed E-state index contributed by atoms with van der Waals surface area (Å²) in [5.74, 6) is 3.61. The van der Waals surface area contributed by atoms with E-state index in [0.29, 0.717) is 5.25 Å². The van der Waals surface area contributed by atoms with Gasteiger partial charge in [0.05, 0.1) is 6.10 Å². The van der Waals surface area contributed by atoms with Crippen LogP contribution in [0.3, 0.4) is 0 Å². The fraction of sp³-hybridized carbons (Fsp3) is 1.00. The molecule has 1 aliphatic heterocycles. The Hall–Kier alpha value is 0.660. The molecule has 1 rings (SSSR count). The highest BCUT2D eigenvalue weighted by Crippen LogP contribution is 2.27. The molecule has 0 saturated carbocycles. The van der Waals surface area contributed by atoms with Crippen LogP contribution < -0.4 is 0 Å². The van der Waals surface area contributed by atoms with Crippen LogP contribution in [0.4, 0.5) is 0 Å². The minimum atomic E-state index is -0.0715. The Morgan fingerprint density at radius 3 is 2.90 bits per heavy atom. The van der Waals surface area contributed by atoms with Gasteiger partial charge in [-0.1, -0.05) is 6.92 Å². The van der Waals surface area contributed by atoms with E-state index in [-0.39, 0.29) is 6.10 Å². The lowest BCUT2D eigenvalue weighted by molar-refractivity contribution is 0.173. The van der Waals surface area contributed by atoms with Crippen molar-refractivity contribution in [2.45, 2.75) is 24.7 Å². The third kappa shape index (κ3) is 2.36. The smallest absolute Gasteiger partial charge is 0.0664 e. The van der Waals surface area contributed by atoms with Crippen molar-refractivity contribution < 1.29 is 5.11 Å². The second kappa shape index (κ2) is 4.52. The van der Waals surface area contributed by atoms with Crippen molar-refractivity contribution in [3.05, 3.63) is 0 Å². The maximum Gasteiger partial charge on any atom is 0.0664 e. The van der Waals surface area contributed by atoms with E-state index in [1.165, 1.54) is 11.5 Å². The normalized spacial score (nSPS) is 30.0. The molecule has 0 aromatic heterocycles. The third-order valence-corrected chi connectivity index (χ3v) is 4.59. The van der Waals surface area contributed by atoms with E-state index in [1.54, 1.807) is 0 Å². The fourth-order valence-corrected chi connectivity index (χ4v) is 3.86. The molecule has 3 heteroatoms. The van der Waals surface area contributed by atoms with Gasteiger partial charge in [-0.2, -0.15) is 23.5 Å². The minimum Gasteiger partial charge on any atom is -0.392 e. The predicted molar refractivity (Wildman–Crippen MR) is 49.9 cm³/mol. The number of aliphatic hydroxyl groups is 1. The van der Waals surface area contributed by atoms with Crippen LogP contribution in [-0.4, -0.2) is 33.7 Å². The number of hydrogen-bond acceptors (Lipinski definition) is 3. The Morgan fingerprint density at radius 1 is 1.60 bits per heavy atom. The van der Waals surface area contributed by atoms with Gasteiger partial charge < -0.3 is 5.11 Å². The Balaban J connectivity index is 2.24. The first-order valence-electron chi connectivity index (χ1n) is 3.72. The van der Waals surface area contributed by atoms with Gasteiger partial charge in [-0.25, -0.2) is 0 Å². The zero-order chi connectivity index (χ0) is 7.40. The highest BCUT2D eigenvalue weighted by atomic mass is 32.2. The highest BCUT2D eigenvalue weighted by molar-refractivity contribution is 8.06. The number of hydrogen-bond donors (Lipinski definition) is 1. The van der Waals surface area contributed by atoms with Crippen molar-refractivity contribution in [1.29, 1.82) is 0 Å². The summed E-state index contributed by atoms with van der Waals surface area (Å²) in [6.45, 7) is 2.05. The predicted octanol–water partition coefficient (Wildman–Crippen LogP) is 1.61. The van der Waals surface area contributed by atoms with Crippen LogP contribution in [-0.2, 0) is 0 Å². The number of thioether (sulfide) groups is 2. The van der Waals surface area contributed by atoms with Crippen LogP contribution in [0.2, 0.25) is 0 Å². The van der Waals surface area contributed by atoms with E-state index in [9.17, 15) is 5.11 Å². The van der Waals surface area contributed by atoms with Gasteiger partial charge >= 0.3 is 0 Å². The van der Waals surface area contributed by atoms with E-state index in [1.807, 2.05) is 30.4 Å². The molecule has 0 amide bonds. The number of aliphatic hydroxyl groups excluding tert-OH is 1. The van der Waals surface area contributed by atoms with Gasteiger partial charge in [-0.3, -0.25) is 0 Å². The minimum absolute atomic E-state index is 0.0715. The van der Waals surface area contributed by atoms with Crippen LogP contribution in [0.5, 0.6) is 0 Å². The van der Waals surface area contributed by atoms with Crippen molar-refractivity contribution in [1.82, 2.24) is 0 Å². The first-order valence-corrected chi connectivity index (χ1v) is 5.92. The second-order valence-corrected chi connectivity index (χ2v) is 4.96. The molecule has 10 heavy (non-hydrogen) atoms. The summed E-state index contributed by atoms with van der Waals surface area (Å²) in [4.78, 5) is 0. The molecule has 0 aromatic rings. The fourth-order valence-electron chi connectivity index (χ4n) is 0.991. The molecule has 0 spiro atoms. The number of rotatable bonds is 2. The summed E-state index contributed by atoms with van der Waals surface area (Å²) in [5, 5.41) is 9.95. The molecule has 60 valence electrons. The molecule has 1 fully saturated rings. The molecular weight excluding hydrogens is 164 g/mol. The summed E-state index contributed by atoms with van der Waals surface area (Å²) >= 11 is 3.89. The maximum absolute atomic E-state index is 9.45. The molecule has 0 radical (unpaired) electrons. The van der Waals surface area contributed by atoms with E-state index in [2.05, 4.69) is 0 Å². The van der Waals surface area contributed by atoms with Gasteiger partial charge in [-0.05, 0) is 6.42 Å². The molecule has 0 aromatic carbocycles. The zero-order valence-corrected chi connectivity index (χ0v) is 7.88. The van der Waals surface area contributed by atoms with Crippen LogP contribution >= 0.6 is 23.5 Å². The SMILES string of the molecule is CCC(O)C1CSCCS1. The Bertz CT molecular complexity index is 91.6. The van der Waals surface area contributed by atoms with E-state index in [0.717, 1.165) is 12.2 Å². The molecule has 1 aliphatic rings. The lowest BCUT2D eigenvalue weighted by Gasteiger charge is -2.24. The van der Waals surface area contributed by atoms with Gasteiger partial charge in [-0.15, -0.1) is 0 Å². The third-order valence-electron chi connectivity index (χ3n) is 1.69. The monoisotopic (exact) mass is 178 g/mol. The summed E-state index contributed by atoms with van der Waals surface area (Å²) in [5.41, 5.74) is 0.